The standard InChI is InChI=1S/C13H7Cl3O2/c14-8-4-6-9(7-5-8)18-13(17)12-10(15)2-1-3-11(12)16/h1-7H. The zero-order chi connectivity index (χ0) is 13.1. The lowest BCUT2D eigenvalue weighted by Gasteiger charge is -2.07. The second kappa shape index (κ2) is 5.61. The number of esters is 1. The summed E-state index contributed by atoms with van der Waals surface area (Å²) in [6.07, 6.45) is 0. The number of hydrogen-bond donors (Lipinski definition) is 0. The van der Waals surface area contributed by atoms with Crippen LogP contribution in [0.4, 0.5) is 0 Å². The van der Waals surface area contributed by atoms with E-state index in [1.165, 1.54) is 0 Å². The molecule has 0 aliphatic carbocycles. The summed E-state index contributed by atoms with van der Waals surface area (Å²) in [6, 6.07) is 11.2. The lowest BCUT2D eigenvalue weighted by Crippen LogP contribution is -2.09. The second-order valence-corrected chi connectivity index (χ2v) is 4.69. The number of hydrogen-bond acceptors (Lipinski definition) is 2. The van der Waals surface area contributed by atoms with Crippen LogP contribution in [0, 0.1) is 0 Å². The van der Waals surface area contributed by atoms with Gasteiger partial charge in [-0.05, 0) is 36.4 Å². The molecule has 0 aliphatic heterocycles. The largest absolute Gasteiger partial charge is 0.423 e. The lowest BCUT2D eigenvalue weighted by molar-refractivity contribution is 0.0735. The molecule has 0 bridgehead atoms. The van der Waals surface area contributed by atoms with Crippen LogP contribution in [0.5, 0.6) is 5.75 Å². The molecule has 2 aromatic rings. The molecule has 2 aromatic carbocycles. The van der Waals surface area contributed by atoms with Gasteiger partial charge in [0.15, 0.2) is 0 Å². The normalized spacial score (nSPS) is 10.2. The molecule has 0 spiro atoms. The van der Waals surface area contributed by atoms with Gasteiger partial charge in [0.05, 0.1) is 15.6 Å². The Balaban J connectivity index is 2.25. The molecule has 0 N–H and O–H groups in total. The van der Waals surface area contributed by atoms with Crippen LogP contribution in [0.25, 0.3) is 0 Å². The number of carbonyl (C=O) groups excluding carboxylic acids is 1. The smallest absolute Gasteiger partial charge is 0.346 e. The van der Waals surface area contributed by atoms with Gasteiger partial charge in [-0.3, -0.25) is 0 Å². The van der Waals surface area contributed by atoms with Gasteiger partial charge in [0.2, 0.25) is 0 Å². The molecule has 0 unspecified atom stereocenters. The molecule has 92 valence electrons. The summed E-state index contributed by atoms with van der Waals surface area (Å²) in [4.78, 5) is 11.9. The molecule has 0 atom stereocenters. The molecule has 2 rings (SSSR count). The predicted octanol–water partition coefficient (Wildman–Crippen LogP) is 4.87. The lowest BCUT2D eigenvalue weighted by atomic mass is 10.2. The van der Waals surface area contributed by atoms with Gasteiger partial charge in [-0.25, -0.2) is 4.79 Å². The molecular weight excluding hydrogens is 294 g/mol. The van der Waals surface area contributed by atoms with Crippen molar-refractivity contribution in [3.63, 3.8) is 0 Å². The first-order chi connectivity index (χ1) is 8.58. The maximum atomic E-state index is 11.9. The van der Waals surface area contributed by atoms with E-state index in [9.17, 15) is 4.79 Å². The van der Waals surface area contributed by atoms with E-state index in [2.05, 4.69) is 0 Å². The number of halogens is 3. The Kier molecular flexibility index (Phi) is 4.12. The molecule has 18 heavy (non-hydrogen) atoms. The van der Waals surface area contributed by atoms with Gasteiger partial charge in [0.25, 0.3) is 0 Å². The molecule has 0 saturated carbocycles. The Labute approximate surface area is 119 Å². The van der Waals surface area contributed by atoms with Crippen molar-refractivity contribution in [3.05, 3.63) is 63.1 Å². The van der Waals surface area contributed by atoms with Crippen molar-refractivity contribution in [3.8, 4) is 5.75 Å². The van der Waals surface area contributed by atoms with Gasteiger partial charge in [0.1, 0.15) is 5.75 Å². The number of rotatable bonds is 2. The average molecular weight is 302 g/mol. The van der Waals surface area contributed by atoms with Crippen molar-refractivity contribution < 1.29 is 9.53 Å². The molecule has 0 fully saturated rings. The van der Waals surface area contributed by atoms with Crippen molar-refractivity contribution in [2.75, 3.05) is 0 Å². The summed E-state index contributed by atoms with van der Waals surface area (Å²) in [5.74, 6) is -0.228. The number of ether oxygens (including phenoxy) is 1. The highest BCUT2D eigenvalue weighted by molar-refractivity contribution is 6.39. The fourth-order valence-corrected chi connectivity index (χ4v) is 2.03. The molecule has 0 heterocycles. The summed E-state index contributed by atoms with van der Waals surface area (Å²) in [5.41, 5.74) is 0.149. The zero-order valence-electron chi connectivity index (χ0n) is 8.99. The summed E-state index contributed by atoms with van der Waals surface area (Å²) in [6.45, 7) is 0. The Bertz CT molecular complexity index is 559. The summed E-state index contributed by atoms with van der Waals surface area (Å²) >= 11 is 17.6. The summed E-state index contributed by atoms with van der Waals surface area (Å²) in [7, 11) is 0. The van der Waals surface area contributed by atoms with Crippen molar-refractivity contribution in [1.29, 1.82) is 0 Å². The zero-order valence-corrected chi connectivity index (χ0v) is 11.3. The first-order valence-electron chi connectivity index (χ1n) is 4.99. The van der Waals surface area contributed by atoms with Crippen molar-refractivity contribution >= 4 is 40.8 Å². The van der Waals surface area contributed by atoms with Crippen LogP contribution >= 0.6 is 34.8 Å². The van der Waals surface area contributed by atoms with Gasteiger partial charge in [-0.1, -0.05) is 40.9 Å². The maximum absolute atomic E-state index is 11.9. The fraction of sp³-hybridized carbons (Fsp3) is 0. The van der Waals surface area contributed by atoms with Crippen LogP contribution in [0.3, 0.4) is 0 Å². The second-order valence-electron chi connectivity index (χ2n) is 3.44. The third-order valence-corrected chi connectivity index (χ3v) is 3.07. The van der Waals surface area contributed by atoms with Crippen LogP contribution in [-0.4, -0.2) is 5.97 Å². The first kappa shape index (κ1) is 13.2. The minimum absolute atomic E-state index is 0.149. The van der Waals surface area contributed by atoms with E-state index in [0.717, 1.165) is 0 Å². The molecule has 0 aliphatic rings. The highest BCUT2D eigenvalue weighted by atomic mass is 35.5. The van der Waals surface area contributed by atoms with Crippen LogP contribution < -0.4 is 4.74 Å². The van der Waals surface area contributed by atoms with Crippen LogP contribution in [0.1, 0.15) is 10.4 Å². The molecule has 0 amide bonds. The van der Waals surface area contributed by atoms with Crippen molar-refractivity contribution in [1.82, 2.24) is 0 Å². The Hall–Kier alpha value is -1.22. The third kappa shape index (κ3) is 2.96. The van der Waals surface area contributed by atoms with E-state index in [4.69, 9.17) is 39.5 Å². The SMILES string of the molecule is O=C(Oc1ccc(Cl)cc1)c1c(Cl)cccc1Cl. The van der Waals surface area contributed by atoms with E-state index in [0.29, 0.717) is 10.8 Å². The van der Waals surface area contributed by atoms with E-state index in [1.807, 2.05) is 0 Å². The minimum Gasteiger partial charge on any atom is -0.423 e. The van der Waals surface area contributed by atoms with Gasteiger partial charge in [-0.2, -0.15) is 0 Å². The third-order valence-electron chi connectivity index (χ3n) is 2.19. The molecule has 0 saturated heterocycles. The van der Waals surface area contributed by atoms with Gasteiger partial charge in [-0.15, -0.1) is 0 Å². The molecule has 2 nitrogen and oxygen atoms in total. The highest BCUT2D eigenvalue weighted by Gasteiger charge is 2.16. The summed E-state index contributed by atoms with van der Waals surface area (Å²) in [5, 5.41) is 1.06. The van der Waals surface area contributed by atoms with E-state index in [-0.39, 0.29) is 15.6 Å². The van der Waals surface area contributed by atoms with Crippen molar-refractivity contribution in [2.45, 2.75) is 0 Å². The Morgan fingerprint density at radius 1 is 0.889 bits per heavy atom. The molecular formula is C13H7Cl3O2. The molecule has 0 radical (unpaired) electrons. The number of carbonyl (C=O) groups is 1. The number of benzene rings is 2. The van der Waals surface area contributed by atoms with Gasteiger partial charge < -0.3 is 4.74 Å². The van der Waals surface area contributed by atoms with Crippen molar-refractivity contribution in [2.24, 2.45) is 0 Å². The van der Waals surface area contributed by atoms with Crippen LogP contribution in [-0.2, 0) is 0 Å². The van der Waals surface area contributed by atoms with Gasteiger partial charge >= 0.3 is 5.97 Å². The fourth-order valence-electron chi connectivity index (χ4n) is 1.35. The molecule has 0 aromatic heterocycles. The van der Waals surface area contributed by atoms with Gasteiger partial charge in [0, 0.05) is 5.02 Å². The monoisotopic (exact) mass is 300 g/mol. The minimum atomic E-state index is -0.604. The van der Waals surface area contributed by atoms with Crippen LogP contribution in [0.15, 0.2) is 42.5 Å². The quantitative estimate of drug-likeness (QED) is 0.584. The Morgan fingerprint density at radius 3 is 2.00 bits per heavy atom. The van der Waals surface area contributed by atoms with E-state index < -0.39 is 5.97 Å². The maximum Gasteiger partial charge on any atom is 0.346 e. The highest BCUT2D eigenvalue weighted by Crippen LogP contribution is 2.26. The Morgan fingerprint density at radius 2 is 1.44 bits per heavy atom. The first-order valence-corrected chi connectivity index (χ1v) is 6.13. The average Bonchev–Trinajstić information content (AvgIpc) is 2.32. The van der Waals surface area contributed by atoms with E-state index >= 15 is 0 Å². The molecule has 5 heteroatoms. The topological polar surface area (TPSA) is 26.3 Å². The summed E-state index contributed by atoms with van der Waals surface area (Å²) < 4.78 is 5.15. The van der Waals surface area contributed by atoms with E-state index in [1.54, 1.807) is 42.5 Å². The van der Waals surface area contributed by atoms with Crippen LogP contribution in [0.2, 0.25) is 15.1 Å². The predicted molar refractivity (Wildman–Crippen MR) is 72.9 cm³/mol.